The molecule has 0 saturated carbocycles. The predicted octanol–water partition coefficient (Wildman–Crippen LogP) is 3.76. The van der Waals surface area contributed by atoms with E-state index >= 15 is 0 Å². The van der Waals surface area contributed by atoms with Gasteiger partial charge in [0.05, 0.1) is 10.7 Å². The van der Waals surface area contributed by atoms with Gasteiger partial charge in [-0.25, -0.2) is 0 Å². The van der Waals surface area contributed by atoms with Crippen molar-refractivity contribution in [2.75, 3.05) is 16.8 Å². The lowest BCUT2D eigenvalue weighted by atomic mass is 9.93. The van der Waals surface area contributed by atoms with Crippen LogP contribution in [0.2, 0.25) is 5.02 Å². The number of amides is 2. The Kier molecular flexibility index (Phi) is 4.48. The molecule has 2 aliphatic rings. The summed E-state index contributed by atoms with van der Waals surface area (Å²) in [5.41, 5.74) is 1.41. The minimum absolute atomic E-state index is 0.0311. The quantitative estimate of drug-likeness (QED) is 0.863. The van der Waals surface area contributed by atoms with Crippen LogP contribution in [-0.4, -0.2) is 18.4 Å². The van der Waals surface area contributed by atoms with Crippen molar-refractivity contribution < 1.29 is 9.59 Å². The van der Waals surface area contributed by atoms with Crippen molar-refractivity contribution in [3.8, 4) is 0 Å². The van der Waals surface area contributed by atoms with Crippen LogP contribution in [0.3, 0.4) is 0 Å². The van der Waals surface area contributed by atoms with Crippen molar-refractivity contribution in [3.63, 3.8) is 0 Å². The van der Waals surface area contributed by atoms with Gasteiger partial charge in [0.2, 0.25) is 11.8 Å². The topological polar surface area (TPSA) is 49.4 Å². The number of anilines is 2. The second-order valence-corrected chi connectivity index (χ2v) is 6.19. The molecule has 1 unspecified atom stereocenters. The standard InChI is InChI=1S/C17H19ClN2O2/c18-14-11-13(19-17(22)12-5-2-1-3-6-12)8-9-15(14)20-10-4-7-16(20)21/h1-2,8-9,11-12H,3-7,10H2,(H,19,22). The minimum atomic E-state index is 0.0311. The van der Waals surface area contributed by atoms with E-state index in [9.17, 15) is 9.59 Å². The Morgan fingerprint density at radius 1 is 1.32 bits per heavy atom. The average Bonchev–Trinajstić information content (AvgIpc) is 2.94. The van der Waals surface area contributed by atoms with Gasteiger partial charge in [-0.1, -0.05) is 23.8 Å². The number of nitrogens with one attached hydrogen (secondary N) is 1. The molecule has 1 N–H and O–H groups in total. The molecular formula is C17H19ClN2O2. The molecule has 0 bridgehead atoms. The van der Waals surface area contributed by atoms with E-state index in [1.165, 1.54) is 0 Å². The van der Waals surface area contributed by atoms with E-state index in [0.717, 1.165) is 31.4 Å². The first kappa shape index (κ1) is 15.1. The molecule has 4 nitrogen and oxygen atoms in total. The highest BCUT2D eigenvalue weighted by Gasteiger charge is 2.24. The zero-order valence-corrected chi connectivity index (χ0v) is 13.1. The summed E-state index contributed by atoms with van der Waals surface area (Å²) in [6, 6.07) is 5.34. The van der Waals surface area contributed by atoms with E-state index in [1.54, 1.807) is 11.0 Å². The number of benzene rings is 1. The fourth-order valence-corrected chi connectivity index (χ4v) is 3.27. The van der Waals surface area contributed by atoms with E-state index < -0.39 is 0 Å². The molecule has 1 aliphatic carbocycles. The summed E-state index contributed by atoms with van der Waals surface area (Å²) in [6.45, 7) is 0.707. The van der Waals surface area contributed by atoms with E-state index in [4.69, 9.17) is 11.6 Å². The molecule has 0 spiro atoms. The molecule has 1 fully saturated rings. The molecule has 5 heteroatoms. The first-order valence-electron chi connectivity index (χ1n) is 7.71. The first-order valence-corrected chi connectivity index (χ1v) is 8.09. The number of hydrogen-bond donors (Lipinski definition) is 1. The zero-order valence-electron chi connectivity index (χ0n) is 12.3. The van der Waals surface area contributed by atoms with E-state index in [1.807, 2.05) is 12.1 Å². The fourth-order valence-electron chi connectivity index (χ4n) is 2.98. The minimum Gasteiger partial charge on any atom is -0.326 e. The van der Waals surface area contributed by atoms with Crippen LogP contribution in [0.1, 0.15) is 32.1 Å². The van der Waals surface area contributed by atoms with Crippen molar-refractivity contribution >= 4 is 34.8 Å². The third-order valence-corrected chi connectivity index (χ3v) is 4.52. The molecule has 116 valence electrons. The van der Waals surface area contributed by atoms with Gasteiger partial charge in [0, 0.05) is 24.6 Å². The van der Waals surface area contributed by atoms with E-state index in [-0.39, 0.29) is 17.7 Å². The summed E-state index contributed by atoms with van der Waals surface area (Å²) in [5, 5.41) is 3.42. The van der Waals surface area contributed by atoms with Crippen LogP contribution in [0.25, 0.3) is 0 Å². The molecule has 1 heterocycles. The van der Waals surface area contributed by atoms with Crippen molar-refractivity contribution in [2.24, 2.45) is 5.92 Å². The molecule has 1 saturated heterocycles. The van der Waals surface area contributed by atoms with Crippen LogP contribution < -0.4 is 10.2 Å². The Bertz CT molecular complexity index is 627. The molecule has 0 radical (unpaired) electrons. The summed E-state index contributed by atoms with van der Waals surface area (Å²) in [6.07, 6.45) is 8.24. The Labute approximate surface area is 135 Å². The Morgan fingerprint density at radius 2 is 2.18 bits per heavy atom. The third kappa shape index (κ3) is 3.17. The molecule has 2 amide bonds. The SMILES string of the molecule is O=C(Nc1ccc(N2CCCC2=O)c(Cl)c1)C1CC=CCC1. The predicted molar refractivity (Wildman–Crippen MR) is 88.1 cm³/mol. The summed E-state index contributed by atoms with van der Waals surface area (Å²) >= 11 is 6.29. The highest BCUT2D eigenvalue weighted by molar-refractivity contribution is 6.34. The Morgan fingerprint density at radius 3 is 2.82 bits per heavy atom. The van der Waals surface area contributed by atoms with Crippen molar-refractivity contribution in [2.45, 2.75) is 32.1 Å². The molecule has 1 aromatic carbocycles. The molecule has 1 aromatic rings. The number of halogens is 1. The fraction of sp³-hybridized carbons (Fsp3) is 0.412. The van der Waals surface area contributed by atoms with Gasteiger partial charge < -0.3 is 10.2 Å². The van der Waals surface area contributed by atoms with Crippen molar-refractivity contribution in [1.29, 1.82) is 0 Å². The molecule has 22 heavy (non-hydrogen) atoms. The average molecular weight is 319 g/mol. The zero-order chi connectivity index (χ0) is 15.5. The number of hydrogen-bond acceptors (Lipinski definition) is 2. The number of carbonyl (C=O) groups is 2. The van der Waals surface area contributed by atoms with Crippen LogP contribution in [0.4, 0.5) is 11.4 Å². The number of nitrogens with zero attached hydrogens (tertiary/aromatic N) is 1. The van der Waals surface area contributed by atoms with Crippen LogP contribution in [0.5, 0.6) is 0 Å². The highest BCUT2D eigenvalue weighted by Crippen LogP contribution is 2.32. The summed E-state index contributed by atoms with van der Waals surface area (Å²) in [5.74, 6) is 0.168. The lowest BCUT2D eigenvalue weighted by molar-refractivity contribution is -0.120. The van der Waals surface area contributed by atoms with Gasteiger partial charge in [-0.15, -0.1) is 0 Å². The highest BCUT2D eigenvalue weighted by atomic mass is 35.5. The summed E-state index contributed by atoms with van der Waals surface area (Å²) in [4.78, 5) is 25.7. The smallest absolute Gasteiger partial charge is 0.227 e. The van der Waals surface area contributed by atoms with Gasteiger partial charge in [0.1, 0.15) is 0 Å². The second kappa shape index (κ2) is 6.53. The van der Waals surface area contributed by atoms with Gasteiger partial charge in [0.15, 0.2) is 0 Å². The van der Waals surface area contributed by atoms with Gasteiger partial charge in [-0.2, -0.15) is 0 Å². The lowest BCUT2D eigenvalue weighted by Crippen LogP contribution is -2.25. The normalized spacial score (nSPS) is 21.2. The van der Waals surface area contributed by atoms with Crippen LogP contribution >= 0.6 is 11.6 Å². The van der Waals surface area contributed by atoms with Gasteiger partial charge in [0.25, 0.3) is 0 Å². The molecular weight excluding hydrogens is 300 g/mol. The van der Waals surface area contributed by atoms with Gasteiger partial charge in [-0.05, 0) is 43.9 Å². The van der Waals surface area contributed by atoms with Crippen molar-refractivity contribution in [3.05, 3.63) is 35.4 Å². The van der Waals surface area contributed by atoms with Gasteiger partial charge >= 0.3 is 0 Å². The maximum Gasteiger partial charge on any atom is 0.227 e. The van der Waals surface area contributed by atoms with E-state index in [0.29, 0.717) is 23.7 Å². The second-order valence-electron chi connectivity index (χ2n) is 5.79. The van der Waals surface area contributed by atoms with E-state index in [2.05, 4.69) is 17.5 Å². The van der Waals surface area contributed by atoms with Gasteiger partial charge in [-0.3, -0.25) is 9.59 Å². The maximum atomic E-state index is 12.2. The summed E-state index contributed by atoms with van der Waals surface area (Å²) < 4.78 is 0. The molecule has 1 atom stereocenters. The van der Waals surface area contributed by atoms with Crippen molar-refractivity contribution in [1.82, 2.24) is 0 Å². The van der Waals surface area contributed by atoms with Crippen LogP contribution in [0, 0.1) is 5.92 Å². The lowest BCUT2D eigenvalue weighted by Gasteiger charge is -2.20. The van der Waals surface area contributed by atoms with Crippen LogP contribution in [0.15, 0.2) is 30.4 Å². The largest absolute Gasteiger partial charge is 0.326 e. The molecule has 0 aromatic heterocycles. The van der Waals surface area contributed by atoms with Crippen LogP contribution in [-0.2, 0) is 9.59 Å². The molecule has 3 rings (SSSR count). The monoisotopic (exact) mass is 318 g/mol. The molecule has 1 aliphatic heterocycles. The third-order valence-electron chi connectivity index (χ3n) is 4.22. The number of allylic oxidation sites excluding steroid dienone is 2. The number of carbonyl (C=O) groups excluding carboxylic acids is 2. The number of rotatable bonds is 3. The Balaban J connectivity index is 1.70. The maximum absolute atomic E-state index is 12.2. The Hall–Kier alpha value is -1.81. The summed E-state index contributed by atoms with van der Waals surface area (Å²) in [7, 11) is 0. The first-order chi connectivity index (χ1) is 10.6.